The maximum absolute atomic E-state index is 11.9. The van der Waals surface area contributed by atoms with Crippen LogP contribution in [0.3, 0.4) is 0 Å². The lowest BCUT2D eigenvalue weighted by atomic mass is 9.68. The van der Waals surface area contributed by atoms with Gasteiger partial charge in [0.1, 0.15) is 0 Å². The smallest absolute Gasteiger partial charge is 0.161 e. The Bertz CT molecular complexity index is 423. The second-order valence-corrected chi connectivity index (χ2v) is 7.46. The Hall–Kier alpha value is -0.630. The summed E-state index contributed by atoms with van der Waals surface area (Å²) in [6.07, 6.45) is 3.39. The molecular formula is C15H22O2. The summed E-state index contributed by atoms with van der Waals surface area (Å²) in [7, 11) is 0. The normalized spacial score (nSPS) is 51.8. The van der Waals surface area contributed by atoms with Gasteiger partial charge in [-0.05, 0) is 42.1 Å². The first-order valence-electron chi connectivity index (χ1n) is 6.65. The fraction of sp³-hybridized carbons (Fsp3) is 0.800. The summed E-state index contributed by atoms with van der Waals surface area (Å²) in [6.45, 7) is 10.7. The average Bonchev–Trinajstić information content (AvgIpc) is 2.63. The molecular weight excluding hydrogens is 212 g/mol. The van der Waals surface area contributed by atoms with Crippen LogP contribution in [-0.2, 0) is 4.79 Å². The van der Waals surface area contributed by atoms with E-state index in [1.54, 1.807) is 0 Å². The molecule has 3 saturated carbocycles. The first-order chi connectivity index (χ1) is 7.70. The number of carbonyl (C=O) groups excluding carboxylic acids is 1. The van der Waals surface area contributed by atoms with Crippen LogP contribution in [0.25, 0.3) is 0 Å². The number of ketones is 1. The van der Waals surface area contributed by atoms with Gasteiger partial charge in [-0.15, -0.1) is 0 Å². The SMILES string of the molecule is C=C1C(=O)C[C@]2(O)C[C@H]3CC(C)(C)C[C@H]3[C@]12C. The van der Waals surface area contributed by atoms with Crippen LogP contribution in [0.2, 0.25) is 0 Å². The molecule has 0 aromatic rings. The Morgan fingerprint density at radius 3 is 2.53 bits per heavy atom. The van der Waals surface area contributed by atoms with Gasteiger partial charge in [0.05, 0.1) is 5.60 Å². The van der Waals surface area contributed by atoms with Crippen molar-refractivity contribution in [3.63, 3.8) is 0 Å². The molecule has 2 nitrogen and oxygen atoms in total. The van der Waals surface area contributed by atoms with Crippen LogP contribution in [0.15, 0.2) is 12.2 Å². The molecule has 0 heterocycles. The zero-order valence-electron chi connectivity index (χ0n) is 11.0. The second kappa shape index (κ2) is 2.85. The van der Waals surface area contributed by atoms with E-state index in [0.29, 0.717) is 29.2 Å². The number of aliphatic hydroxyl groups is 1. The highest BCUT2D eigenvalue weighted by atomic mass is 16.3. The fourth-order valence-corrected chi connectivity index (χ4v) is 5.00. The van der Waals surface area contributed by atoms with E-state index in [4.69, 9.17) is 0 Å². The Balaban J connectivity index is 2.05. The second-order valence-electron chi connectivity index (χ2n) is 7.46. The standard InChI is InChI=1S/C15H22O2/c1-9-12(16)8-15(17)6-10-5-13(2,3)7-11(10)14(9,15)4/h10-11,17H,1,5-8H2,2-4H3/t10-,11-,14+,15-/m1/s1. The van der Waals surface area contributed by atoms with Gasteiger partial charge >= 0.3 is 0 Å². The maximum Gasteiger partial charge on any atom is 0.161 e. The summed E-state index contributed by atoms with van der Waals surface area (Å²) in [6, 6.07) is 0. The highest BCUT2D eigenvalue weighted by Crippen LogP contribution is 2.69. The number of hydrogen-bond donors (Lipinski definition) is 1. The molecule has 0 radical (unpaired) electrons. The fourth-order valence-electron chi connectivity index (χ4n) is 5.00. The minimum Gasteiger partial charge on any atom is -0.388 e. The van der Waals surface area contributed by atoms with Gasteiger partial charge < -0.3 is 5.11 Å². The lowest BCUT2D eigenvalue weighted by Gasteiger charge is -2.38. The van der Waals surface area contributed by atoms with Crippen molar-refractivity contribution < 1.29 is 9.90 Å². The van der Waals surface area contributed by atoms with Gasteiger partial charge in [0.2, 0.25) is 0 Å². The van der Waals surface area contributed by atoms with E-state index in [0.717, 1.165) is 12.8 Å². The first-order valence-corrected chi connectivity index (χ1v) is 6.65. The van der Waals surface area contributed by atoms with Crippen LogP contribution in [0.5, 0.6) is 0 Å². The first kappa shape index (κ1) is 11.5. The predicted molar refractivity (Wildman–Crippen MR) is 66.4 cm³/mol. The monoisotopic (exact) mass is 234 g/mol. The van der Waals surface area contributed by atoms with Crippen LogP contribution in [0.4, 0.5) is 0 Å². The van der Waals surface area contributed by atoms with Crippen molar-refractivity contribution in [3.05, 3.63) is 12.2 Å². The van der Waals surface area contributed by atoms with Gasteiger partial charge in [-0.1, -0.05) is 27.4 Å². The summed E-state index contributed by atoms with van der Waals surface area (Å²) >= 11 is 0. The third-order valence-corrected chi connectivity index (χ3v) is 5.88. The molecule has 0 amide bonds. The van der Waals surface area contributed by atoms with Gasteiger partial charge in [0.25, 0.3) is 0 Å². The molecule has 0 aromatic carbocycles. The molecule has 2 heteroatoms. The Labute approximate surface area is 103 Å². The van der Waals surface area contributed by atoms with E-state index in [1.807, 2.05) is 0 Å². The van der Waals surface area contributed by atoms with Gasteiger partial charge in [-0.3, -0.25) is 4.79 Å². The molecule has 0 unspecified atom stereocenters. The molecule has 3 aliphatic rings. The highest BCUT2D eigenvalue weighted by Gasteiger charge is 2.69. The van der Waals surface area contributed by atoms with Crippen LogP contribution < -0.4 is 0 Å². The number of rotatable bonds is 0. The summed E-state index contributed by atoms with van der Waals surface area (Å²) in [5.74, 6) is 1.10. The van der Waals surface area contributed by atoms with Gasteiger partial charge in [0.15, 0.2) is 5.78 Å². The highest BCUT2D eigenvalue weighted by molar-refractivity contribution is 6.00. The van der Waals surface area contributed by atoms with E-state index < -0.39 is 5.60 Å². The van der Waals surface area contributed by atoms with E-state index >= 15 is 0 Å². The Morgan fingerprint density at radius 1 is 1.24 bits per heavy atom. The lowest BCUT2D eigenvalue weighted by molar-refractivity contribution is -0.116. The van der Waals surface area contributed by atoms with Crippen LogP contribution in [0.1, 0.15) is 46.5 Å². The van der Waals surface area contributed by atoms with Crippen LogP contribution in [0, 0.1) is 22.7 Å². The molecule has 3 fully saturated rings. The van der Waals surface area contributed by atoms with Gasteiger partial charge in [0, 0.05) is 11.8 Å². The average molecular weight is 234 g/mol. The predicted octanol–water partition coefficient (Wildman–Crippen LogP) is 2.71. The number of fused-ring (bicyclic) bond motifs is 3. The number of hydrogen-bond acceptors (Lipinski definition) is 2. The topological polar surface area (TPSA) is 37.3 Å². The molecule has 0 spiro atoms. The molecule has 0 saturated heterocycles. The summed E-state index contributed by atoms with van der Waals surface area (Å²) < 4.78 is 0. The maximum atomic E-state index is 11.9. The van der Waals surface area contributed by atoms with Gasteiger partial charge in [-0.2, -0.15) is 0 Å². The van der Waals surface area contributed by atoms with Crippen molar-refractivity contribution in [1.29, 1.82) is 0 Å². The molecule has 3 rings (SSSR count). The van der Waals surface area contributed by atoms with Crippen molar-refractivity contribution in [3.8, 4) is 0 Å². The minimum absolute atomic E-state index is 0.0816. The Morgan fingerprint density at radius 2 is 1.88 bits per heavy atom. The molecule has 4 atom stereocenters. The zero-order chi connectivity index (χ0) is 12.6. The van der Waals surface area contributed by atoms with Gasteiger partial charge in [-0.25, -0.2) is 0 Å². The third kappa shape index (κ3) is 1.17. The lowest BCUT2D eigenvalue weighted by Crippen LogP contribution is -2.41. The largest absolute Gasteiger partial charge is 0.388 e. The van der Waals surface area contributed by atoms with Crippen molar-refractivity contribution in [2.24, 2.45) is 22.7 Å². The molecule has 17 heavy (non-hydrogen) atoms. The quantitative estimate of drug-likeness (QED) is 0.654. The molecule has 0 aliphatic heterocycles. The summed E-state index contributed by atoms with van der Waals surface area (Å²) in [5, 5.41) is 10.8. The van der Waals surface area contributed by atoms with Crippen LogP contribution >= 0.6 is 0 Å². The summed E-state index contributed by atoms with van der Waals surface area (Å²) in [4.78, 5) is 11.9. The van der Waals surface area contributed by atoms with E-state index in [1.165, 1.54) is 6.42 Å². The molecule has 1 N–H and O–H groups in total. The van der Waals surface area contributed by atoms with Crippen LogP contribution in [-0.4, -0.2) is 16.5 Å². The Kier molecular flexibility index (Phi) is 1.92. The van der Waals surface area contributed by atoms with E-state index in [2.05, 4.69) is 27.4 Å². The molecule has 0 aromatic heterocycles. The number of carbonyl (C=O) groups is 1. The third-order valence-electron chi connectivity index (χ3n) is 5.88. The number of Topliss-reactive ketones (excluding diaryl/α,β-unsaturated/α-hetero) is 1. The minimum atomic E-state index is -0.799. The molecule has 0 bridgehead atoms. The van der Waals surface area contributed by atoms with E-state index in [-0.39, 0.29) is 11.2 Å². The van der Waals surface area contributed by atoms with Crippen molar-refractivity contribution in [2.75, 3.05) is 0 Å². The van der Waals surface area contributed by atoms with Crippen molar-refractivity contribution >= 4 is 5.78 Å². The van der Waals surface area contributed by atoms with Crippen molar-refractivity contribution in [1.82, 2.24) is 0 Å². The zero-order valence-corrected chi connectivity index (χ0v) is 11.0. The summed E-state index contributed by atoms with van der Waals surface area (Å²) in [5.41, 5.74) is -0.119. The van der Waals surface area contributed by atoms with Crippen molar-refractivity contribution in [2.45, 2.75) is 52.1 Å². The molecule has 3 aliphatic carbocycles. The molecule has 94 valence electrons. The van der Waals surface area contributed by atoms with E-state index in [9.17, 15) is 9.90 Å².